The maximum absolute atomic E-state index is 12.7. The second-order valence-corrected chi connectivity index (χ2v) is 5.76. The second-order valence-electron chi connectivity index (χ2n) is 5.38. The molecule has 0 radical (unpaired) electrons. The number of rotatable bonds is 6. The molecule has 0 aromatic heterocycles. The lowest BCUT2D eigenvalue weighted by Gasteiger charge is -2.33. The van der Waals surface area contributed by atoms with Gasteiger partial charge in [0.05, 0.1) is 0 Å². The summed E-state index contributed by atoms with van der Waals surface area (Å²) >= 11 is 5.88. The number of amides is 1. The van der Waals surface area contributed by atoms with Gasteiger partial charge in [0.2, 0.25) is 5.91 Å². The van der Waals surface area contributed by atoms with E-state index in [0.717, 1.165) is 25.7 Å². The number of hydrogen-bond acceptors (Lipinski definition) is 1. The summed E-state index contributed by atoms with van der Waals surface area (Å²) in [5.74, 6) is 1.18. The van der Waals surface area contributed by atoms with Gasteiger partial charge in [-0.3, -0.25) is 4.79 Å². The molecule has 0 aliphatic heterocycles. The average Bonchev–Trinajstić information content (AvgIpc) is 2.67. The van der Waals surface area contributed by atoms with Crippen molar-refractivity contribution in [1.29, 1.82) is 0 Å². The molecule has 1 amide bonds. The van der Waals surface area contributed by atoms with Gasteiger partial charge in [0.1, 0.15) is 0 Å². The Morgan fingerprint density at radius 3 is 2.17 bits per heavy atom. The molecule has 0 unspecified atom stereocenters. The van der Waals surface area contributed by atoms with Crippen molar-refractivity contribution < 1.29 is 4.79 Å². The van der Waals surface area contributed by atoms with Crippen LogP contribution in [0.3, 0.4) is 0 Å². The van der Waals surface area contributed by atoms with Gasteiger partial charge < -0.3 is 4.90 Å². The zero-order valence-corrected chi connectivity index (χ0v) is 12.7. The van der Waals surface area contributed by atoms with E-state index in [2.05, 4.69) is 18.7 Å². The minimum Gasteiger partial charge on any atom is -0.338 e. The van der Waals surface area contributed by atoms with E-state index in [-0.39, 0.29) is 5.92 Å². The summed E-state index contributed by atoms with van der Waals surface area (Å²) in [6, 6.07) is 0.375. The Kier molecular flexibility index (Phi) is 7.73. The van der Waals surface area contributed by atoms with Crippen molar-refractivity contribution in [3.8, 4) is 0 Å². The van der Waals surface area contributed by atoms with Gasteiger partial charge in [0.25, 0.3) is 0 Å². The third kappa shape index (κ3) is 4.46. The monoisotopic (exact) mass is 273 g/mol. The highest BCUT2D eigenvalue weighted by Gasteiger charge is 2.28. The molecule has 0 spiro atoms. The zero-order valence-electron chi connectivity index (χ0n) is 12.0. The Hall–Kier alpha value is -0.240. The molecule has 1 rings (SSSR count). The highest BCUT2D eigenvalue weighted by atomic mass is 35.5. The molecule has 3 heteroatoms. The lowest BCUT2D eigenvalue weighted by Crippen LogP contribution is -2.44. The van der Waals surface area contributed by atoms with E-state index in [1.165, 1.54) is 25.7 Å². The molecule has 0 N–H and O–H groups in total. The predicted molar refractivity (Wildman–Crippen MR) is 78.0 cm³/mol. The minimum absolute atomic E-state index is 0.260. The first kappa shape index (κ1) is 15.8. The molecule has 0 bridgehead atoms. The fourth-order valence-electron chi connectivity index (χ4n) is 3.05. The van der Waals surface area contributed by atoms with Gasteiger partial charge >= 0.3 is 0 Å². The van der Waals surface area contributed by atoms with Crippen molar-refractivity contribution in [1.82, 2.24) is 4.90 Å². The number of nitrogens with zero attached hydrogens (tertiary/aromatic N) is 1. The molecule has 1 aliphatic carbocycles. The van der Waals surface area contributed by atoms with Crippen molar-refractivity contribution in [3.05, 3.63) is 0 Å². The highest BCUT2D eigenvalue weighted by Crippen LogP contribution is 2.26. The van der Waals surface area contributed by atoms with Crippen LogP contribution in [0.25, 0.3) is 0 Å². The number of carbonyl (C=O) groups excluding carboxylic acids is 1. The maximum Gasteiger partial charge on any atom is 0.225 e. The van der Waals surface area contributed by atoms with Crippen LogP contribution in [0.4, 0.5) is 0 Å². The van der Waals surface area contributed by atoms with Crippen molar-refractivity contribution in [2.45, 2.75) is 71.3 Å². The molecular weight excluding hydrogens is 246 g/mol. The largest absolute Gasteiger partial charge is 0.338 e. The Labute approximate surface area is 117 Å². The Morgan fingerprint density at radius 1 is 1.17 bits per heavy atom. The maximum atomic E-state index is 12.7. The fraction of sp³-hybridized carbons (Fsp3) is 0.933. The third-order valence-corrected chi connectivity index (χ3v) is 4.37. The molecule has 0 aromatic carbocycles. The SMILES string of the molecule is CCC(CC)N(CCCl)C(=O)C1CCCCCC1. The van der Waals surface area contributed by atoms with Gasteiger partial charge in [-0.2, -0.15) is 0 Å². The van der Waals surface area contributed by atoms with Crippen molar-refractivity contribution in [2.75, 3.05) is 12.4 Å². The van der Waals surface area contributed by atoms with Gasteiger partial charge in [-0.1, -0.05) is 39.5 Å². The van der Waals surface area contributed by atoms with Crippen LogP contribution >= 0.6 is 11.6 Å². The number of hydrogen-bond donors (Lipinski definition) is 0. The smallest absolute Gasteiger partial charge is 0.225 e. The van der Waals surface area contributed by atoms with Crippen LogP contribution in [-0.4, -0.2) is 29.3 Å². The quantitative estimate of drug-likeness (QED) is 0.524. The van der Waals surface area contributed by atoms with Crippen molar-refractivity contribution >= 4 is 17.5 Å². The Balaban J connectivity index is 2.67. The minimum atomic E-state index is 0.260. The molecule has 18 heavy (non-hydrogen) atoms. The molecule has 1 fully saturated rings. The van der Waals surface area contributed by atoms with Gasteiger partial charge in [-0.05, 0) is 25.7 Å². The number of alkyl halides is 1. The van der Waals surface area contributed by atoms with E-state index in [1.807, 2.05) is 0 Å². The van der Waals surface area contributed by atoms with Gasteiger partial charge in [-0.15, -0.1) is 11.6 Å². The molecule has 1 aliphatic rings. The number of carbonyl (C=O) groups is 1. The summed E-state index contributed by atoms with van der Waals surface area (Å²) < 4.78 is 0. The van der Waals surface area contributed by atoms with E-state index in [1.54, 1.807) is 0 Å². The van der Waals surface area contributed by atoms with Crippen molar-refractivity contribution in [2.24, 2.45) is 5.92 Å². The van der Waals surface area contributed by atoms with Crippen molar-refractivity contribution in [3.63, 3.8) is 0 Å². The Morgan fingerprint density at radius 2 is 1.72 bits per heavy atom. The summed E-state index contributed by atoms with van der Waals surface area (Å²) in [5, 5.41) is 0. The van der Waals surface area contributed by atoms with Crippen LogP contribution in [0.5, 0.6) is 0 Å². The first-order chi connectivity index (χ1) is 8.74. The van der Waals surface area contributed by atoms with Crippen LogP contribution in [0.2, 0.25) is 0 Å². The summed E-state index contributed by atoms with van der Waals surface area (Å²) in [7, 11) is 0. The molecule has 0 aromatic rings. The standard InChI is InChI=1S/C15H28ClNO/c1-3-14(4-2)17(12-11-16)15(18)13-9-7-5-6-8-10-13/h13-14H,3-12H2,1-2H3. The van der Waals surface area contributed by atoms with E-state index in [9.17, 15) is 4.79 Å². The summed E-state index contributed by atoms with van der Waals surface area (Å²) in [4.78, 5) is 14.7. The fourth-order valence-corrected chi connectivity index (χ4v) is 3.24. The number of halogens is 1. The average molecular weight is 274 g/mol. The van der Waals surface area contributed by atoms with Crippen LogP contribution in [0.1, 0.15) is 65.2 Å². The molecule has 2 nitrogen and oxygen atoms in total. The van der Waals surface area contributed by atoms with Gasteiger partial charge in [0.15, 0.2) is 0 Å². The van der Waals surface area contributed by atoms with E-state index in [4.69, 9.17) is 11.6 Å². The topological polar surface area (TPSA) is 20.3 Å². The van der Waals surface area contributed by atoms with Crippen LogP contribution in [0.15, 0.2) is 0 Å². The molecule has 0 atom stereocenters. The van der Waals surface area contributed by atoms with E-state index >= 15 is 0 Å². The lowest BCUT2D eigenvalue weighted by molar-refractivity contribution is -0.138. The Bertz CT molecular complexity index is 233. The molecule has 0 saturated heterocycles. The zero-order chi connectivity index (χ0) is 13.4. The first-order valence-corrected chi connectivity index (χ1v) is 8.14. The van der Waals surface area contributed by atoms with Crippen LogP contribution < -0.4 is 0 Å². The van der Waals surface area contributed by atoms with E-state index in [0.29, 0.717) is 24.4 Å². The molecular formula is C15H28ClNO. The third-order valence-electron chi connectivity index (χ3n) is 4.20. The van der Waals surface area contributed by atoms with Gasteiger partial charge in [0, 0.05) is 24.4 Å². The normalized spacial score (nSPS) is 17.8. The lowest BCUT2D eigenvalue weighted by atomic mass is 9.97. The van der Waals surface area contributed by atoms with Crippen LogP contribution in [-0.2, 0) is 4.79 Å². The van der Waals surface area contributed by atoms with Gasteiger partial charge in [-0.25, -0.2) is 0 Å². The summed E-state index contributed by atoms with van der Waals surface area (Å²) in [6.45, 7) is 5.04. The molecule has 0 heterocycles. The first-order valence-electron chi connectivity index (χ1n) is 7.61. The molecule has 1 saturated carbocycles. The summed E-state index contributed by atoms with van der Waals surface area (Å²) in [6.07, 6.45) is 9.25. The highest BCUT2D eigenvalue weighted by molar-refractivity contribution is 6.18. The summed E-state index contributed by atoms with van der Waals surface area (Å²) in [5.41, 5.74) is 0. The molecule has 106 valence electrons. The van der Waals surface area contributed by atoms with E-state index < -0.39 is 0 Å². The predicted octanol–water partition coefficient (Wildman–Crippen LogP) is 4.21. The second kappa shape index (κ2) is 8.79. The van der Waals surface area contributed by atoms with Crippen LogP contribution in [0, 0.1) is 5.92 Å².